The first-order valence-electron chi connectivity index (χ1n) is 13.6. The summed E-state index contributed by atoms with van der Waals surface area (Å²) in [6.07, 6.45) is -1.46. The number of halogens is 3. The number of alkyl halides is 3. The van der Waals surface area contributed by atoms with Crippen LogP contribution in [0.15, 0.2) is 54.6 Å². The van der Waals surface area contributed by atoms with E-state index in [0.717, 1.165) is 24.1 Å². The Morgan fingerprint density at radius 2 is 1.60 bits per heavy atom. The molecule has 12 heteroatoms. The molecule has 2 aromatic carbocycles. The number of hydrogen-bond acceptors (Lipinski definition) is 4. The molecule has 3 heterocycles. The maximum Gasteiger partial charge on any atom is 0.416 e. The summed E-state index contributed by atoms with van der Waals surface area (Å²) in [6, 6.07) is 13.2. The molecule has 0 spiro atoms. The van der Waals surface area contributed by atoms with Gasteiger partial charge in [0.15, 0.2) is 0 Å². The predicted octanol–water partition coefficient (Wildman–Crippen LogP) is 3.72. The Hall–Kier alpha value is -2.96. The number of benzene rings is 2. The Morgan fingerprint density at radius 1 is 0.900 bits per heavy atom. The fraction of sp³-hybridized carbons (Fsp3) is 0.500. The van der Waals surface area contributed by atoms with Crippen molar-refractivity contribution in [1.29, 1.82) is 0 Å². The average molecular weight is 579 g/mol. The first-order chi connectivity index (χ1) is 19.1. The van der Waals surface area contributed by atoms with Crippen LogP contribution in [-0.2, 0) is 32.5 Å². The molecule has 2 amide bonds. The van der Waals surface area contributed by atoms with Crippen LogP contribution in [0.2, 0.25) is 0 Å². The van der Waals surface area contributed by atoms with Crippen LogP contribution in [-0.4, -0.2) is 66.0 Å². The van der Waals surface area contributed by atoms with E-state index in [2.05, 4.69) is 5.32 Å². The van der Waals surface area contributed by atoms with Crippen LogP contribution in [0.5, 0.6) is 0 Å². The fourth-order valence-corrected chi connectivity index (χ4v) is 7.72. The lowest BCUT2D eigenvalue weighted by Crippen LogP contribution is -2.56. The number of rotatable bonds is 7. The van der Waals surface area contributed by atoms with Crippen molar-refractivity contribution >= 4 is 22.0 Å². The molecule has 0 saturated carbocycles. The molecule has 3 fully saturated rings. The van der Waals surface area contributed by atoms with Gasteiger partial charge in [-0.1, -0.05) is 42.5 Å². The van der Waals surface area contributed by atoms with E-state index in [9.17, 15) is 31.2 Å². The molecule has 3 aliphatic heterocycles. The Labute approximate surface area is 232 Å². The number of piperidine rings is 1. The van der Waals surface area contributed by atoms with Crippen molar-refractivity contribution in [2.75, 3.05) is 26.2 Å². The van der Waals surface area contributed by atoms with E-state index in [1.54, 1.807) is 4.90 Å². The third-order valence-electron chi connectivity index (χ3n) is 8.10. The van der Waals surface area contributed by atoms with Crippen molar-refractivity contribution in [2.45, 2.75) is 56.9 Å². The second-order valence-corrected chi connectivity index (χ2v) is 12.5. The zero-order valence-electron chi connectivity index (χ0n) is 22.0. The standard InChI is InChI=1S/C28H33F3N4O4S/c29-28(30,31)23-12-10-20(11-13-23)18-32-26(36)25-9-5-16-34(25)27(37)22-8-4-15-33(19-22)40(38,39)35-17-14-24(35)21-6-2-1-3-7-21/h1-3,6-7,10-13,22,24-25H,4-5,8-9,14-19H2,(H,32,36)/t22-,24?,25+/m0/s1. The van der Waals surface area contributed by atoms with E-state index in [1.807, 2.05) is 30.3 Å². The van der Waals surface area contributed by atoms with Crippen LogP contribution in [0, 0.1) is 5.92 Å². The second-order valence-electron chi connectivity index (χ2n) is 10.6. The Bertz CT molecular complexity index is 1320. The third kappa shape index (κ3) is 5.89. The highest BCUT2D eigenvalue weighted by Crippen LogP contribution is 2.38. The summed E-state index contributed by atoms with van der Waals surface area (Å²) in [4.78, 5) is 28.1. The molecule has 40 heavy (non-hydrogen) atoms. The Kier molecular flexibility index (Phi) is 8.21. The maximum atomic E-state index is 13.5. The molecule has 0 bridgehead atoms. The van der Waals surface area contributed by atoms with E-state index in [4.69, 9.17) is 0 Å². The fourth-order valence-electron chi connectivity index (χ4n) is 5.81. The lowest BCUT2D eigenvalue weighted by atomic mass is 9.97. The SMILES string of the molecule is O=C(NCc1ccc(C(F)(F)F)cc1)[C@H]1CCCN1C(=O)[C@H]1CCCN(S(=O)(=O)N2CCC2c2ccccc2)C1. The van der Waals surface area contributed by atoms with Gasteiger partial charge >= 0.3 is 6.18 Å². The van der Waals surface area contributed by atoms with E-state index in [1.165, 1.54) is 20.7 Å². The molecule has 3 atom stereocenters. The lowest BCUT2D eigenvalue weighted by molar-refractivity contribution is -0.142. The summed E-state index contributed by atoms with van der Waals surface area (Å²) in [6.45, 7) is 1.31. The minimum absolute atomic E-state index is 0.0450. The number of likely N-dealkylation sites (tertiary alicyclic amines) is 1. The molecule has 2 aromatic rings. The van der Waals surface area contributed by atoms with E-state index in [-0.39, 0.29) is 30.9 Å². The van der Waals surface area contributed by atoms with Crippen LogP contribution in [0.4, 0.5) is 13.2 Å². The summed E-state index contributed by atoms with van der Waals surface area (Å²) in [5.74, 6) is -1.13. The highest BCUT2D eigenvalue weighted by Gasteiger charge is 2.45. The van der Waals surface area contributed by atoms with E-state index >= 15 is 0 Å². The zero-order valence-corrected chi connectivity index (χ0v) is 22.8. The smallest absolute Gasteiger partial charge is 0.350 e. The molecule has 8 nitrogen and oxygen atoms in total. The Morgan fingerprint density at radius 3 is 2.25 bits per heavy atom. The van der Waals surface area contributed by atoms with Crippen LogP contribution in [0.1, 0.15) is 54.8 Å². The van der Waals surface area contributed by atoms with Gasteiger partial charge in [0.1, 0.15) is 6.04 Å². The summed E-state index contributed by atoms with van der Waals surface area (Å²) in [5.41, 5.74) is 0.706. The van der Waals surface area contributed by atoms with Crippen molar-refractivity contribution in [3.05, 3.63) is 71.3 Å². The molecule has 3 aliphatic rings. The van der Waals surface area contributed by atoms with Gasteiger partial charge < -0.3 is 10.2 Å². The lowest BCUT2D eigenvalue weighted by Gasteiger charge is -2.44. The quantitative estimate of drug-likeness (QED) is 0.543. The summed E-state index contributed by atoms with van der Waals surface area (Å²) >= 11 is 0. The van der Waals surface area contributed by atoms with Crippen molar-refractivity contribution in [3.8, 4) is 0 Å². The van der Waals surface area contributed by atoms with E-state index in [0.29, 0.717) is 50.9 Å². The topological polar surface area (TPSA) is 90.0 Å². The molecular formula is C28H33F3N4O4S. The van der Waals surface area contributed by atoms with Crippen molar-refractivity contribution in [1.82, 2.24) is 18.8 Å². The summed E-state index contributed by atoms with van der Waals surface area (Å²) < 4.78 is 68.3. The normalized spacial score (nSPS) is 24.5. The molecule has 1 unspecified atom stereocenters. The number of nitrogens with one attached hydrogen (secondary N) is 1. The van der Waals surface area contributed by atoms with Crippen LogP contribution < -0.4 is 5.32 Å². The minimum atomic E-state index is -4.43. The third-order valence-corrected chi connectivity index (χ3v) is 10.1. The molecule has 3 saturated heterocycles. The molecule has 0 radical (unpaired) electrons. The van der Waals surface area contributed by atoms with Gasteiger partial charge in [-0.3, -0.25) is 9.59 Å². The highest BCUT2D eigenvalue weighted by atomic mass is 32.2. The van der Waals surface area contributed by atoms with Gasteiger partial charge in [0.25, 0.3) is 10.2 Å². The maximum absolute atomic E-state index is 13.5. The van der Waals surface area contributed by atoms with Crippen LogP contribution in [0.3, 0.4) is 0 Å². The number of nitrogens with zero attached hydrogens (tertiary/aromatic N) is 3. The van der Waals surface area contributed by atoms with Gasteiger partial charge in [0, 0.05) is 32.7 Å². The second kappa shape index (κ2) is 11.5. The van der Waals surface area contributed by atoms with Crippen molar-refractivity contribution in [3.63, 3.8) is 0 Å². The highest BCUT2D eigenvalue weighted by molar-refractivity contribution is 7.86. The van der Waals surface area contributed by atoms with Gasteiger partial charge in [0.2, 0.25) is 11.8 Å². The average Bonchev–Trinajstić information content (AvgIpc) is 3.41. The number of amides is 2. The molecule has 0 aromatic heterocycles. The van der Waals surface area contributed by atoms with Gasteiger partial charge in [-0.2, -0.15) is 30.2 Å². The van der Waals surface area contributed by atoms with E-state index < -0.39 is 33.9 Å². The monoisotopic (exact) mass is 578 g/mol. The molecule has 5 rings (SSSR count). The largest absolute Gasteiger partial charge is 0.416 e. The van der Waals surface area contributed by atoms with Gasteiger partial charge in [0.05, 0.1) is 17.5 Å². The van der Waals surface area contributed by atoms with Crippen LogP contribution >= 0.6 is 0 Å². The number of carbonyl (C=O) groups is 2. The number of hydrogen-bond donors (Lipinski definition) is 1. The summed E-state index contributed by atoms with van der Waals surface area (Å²) in [7, 11) is -3.75. The molecular weight excluding hydrogens is 545 g/mol. The minimum Gasteiger partial charge on any atom is -0.350 e. The van der Waals surface area contributed by atoms with Crippen molar-refractivity contribution < 1.29 is 31.2 Å². The number of carbonyl (C=O) groups excluding carboxylic acids is 2. The van der Waals surface area contributed by atoms with Crippen LogP contribution in [0.25, 0.3) is 0 Å². The predicted molar refractivity (Wildman–Crippen MR) is 142 cm³/mol. The van der Waals surface area contributed by atoms with Gasteiger partial charge in [-0.15, -0.1) is 0 Å². The zero-order chi connectivity index (χ0) is 28.5. The molecule has 1 N–H and O–H groups in total. The van der Waals surface area contributed by atoms with Crippen molar-refractivity contribution in [2.24, 2.45) is 5.92 Å². The summed E-state index contributed by atoms with van der Waals surface area (Å²) in [5, 5.41) is 2.74. The molecule has 0 aliphatic carbocycles. The molecule has 216 valence electrons. The first kappa shape index (κ1) is 28.6. The Balaban J connectivity index is 1.19. The first-order valence-corrected chi connectivity index (χ1v) is 15.0. The van der Waals surface area contributed by atoms with Gasteiger partial charge in [-0.05, 0) is 55.4 Å². The van der Waals surface area contributed by atoms with Gasteiger partial charge in [-0.25, -0.2) is 0 Å².